The third-order valence-electron chi connectivity index (χ3n) is 1.41. The Balaban J connectivity index is -0.000000333. The van der Waals surface area contributed by atoms with E-state index in [0.717, 1.165) is 6.92 Å². The first-order chi connectivity index (χ1) is 4.45. The van der Waals surface area contributed by atoms with E-state index in [-0.39, 0.29) is 88.7 Å². The van der Waals surface area contributed by atoms with Crippen LogP contribution in [0.25, 0.3) is 0 Å². The van der Waals surface area contributed by atoms with E-state index < -0.39 is 23.4 Å². The van der Waals surface area contributed by atoms with Crippen molar-refractivity contribution in [1.29, 1.82) is 0 Å². The molecule has 58 valence electrons. The minimum atomic E-state index is -2.14. The van der Waals surface area contributed by atoms with Gasteiger partial charge in [-0.2, -0.15) is 0 Å². The zero-order chi connectivity index (χ0) is 7.94. The second-order valence-corrected chi connectivity index (χ2v) is 2.40. The van der Waals surface area contributed by atoms with Gasteiger partial charge in [-0.15, -0.1) is 11.5 Å². The quantitative estimate of drug-likeness (QED) is 0.373. The van der Waals surface area contributed by atoms with Crippen LogP contribution in [0.3, 0.4) is 0 Å². The monoisotopic (exact) mass is 212 g/mol. The van der Waals surface area contributed by atoms with Crippen molar-refractivity contribution < 1.29 is 109 Å². The summed E-state index contributed by atoms with van der Waals surface area (Å²) in [6.07, 6.45) is -0.866. The average Bonchev–Trinajstić information content (AvgIpc) is 1.95. The topological polar surface area (TPSA) is 78.4 Å². The number of hydrogen-bond donors (Lipinski definition) is 0. The van der Waals surface area contributed by atoms with E-state index in [2.05, 4.69) is 4.74 Å². The maximum absolute atomic E-state index is 10.9. The average molecular weight is 212 g/mol. The summed E-state index contributed by atoms with van der Waals surface area (Å²) in [7, 11) is 0. The van der Waals surface area contributed by atoms with Crippen LogP contribution in [-0.2, 0) is 4.74 Å². The van der Waals surface area contributed by atoms with E-state index in [4.69, 9.17) is 0 Å². The fourth-order valence-corrected chi connectivity index (χ4v) is 0.853. The first-order valence-electron chi connectivity index (χ1n) is 2.92. The Morgan fingerprint density at radius 2 is 1.62 bits per heavy atom. The summed E-state index contributed by atoms with van der Waals surface area (Å²) in [6, 6.07) is 0. The van der Waals surface area contributed by atoms with Crippen LogP contribution in [0.1, 0.15) is 13.8 Å². The van der Waals surface area contributed by atoms with Gasteiger partial charge in [0.25, 0.3) is 0 Å². The molecule has 0 aromatic heterocycles. The van der Waals surface area contributed by atoms with Crippen molar-refractivity contribution in [3.63, 3.8) is 0 Å². The zero-order valence-corrected chi connectivity index (χ0v) is 14.7. The van der Waals surface area contributed by atoms with E-state index in [1.165, 1.54) is 6.92 Å². The van der Waals surface area contributed by atoms with Crippen LogP contribution in [0.2, 0.25) is 0 Å². The van der Waals surface area contributed by atoms with E-state index >= 15 is 0 Å². The number of rotatable bonds is 0. The van der Waals surface area contributed by atoms with Gasteiger partial charge in [0.15, 0.2) is 0 Å². The van der Waals surface area contributed by atoms with E-state index in [1.54, 1.807) is 0 Å². The molecule has 0 aliphatic carbocycles. The molecule has 0 fully saturated rings. The van der Waals surface area contributed by atoms with Crippen LogP contribution in [0.4, 0.5) is 0 Å². The van der Waals surface area contributed by atoms with Crippen molar-refractivity contribution in [1.82, 2.24) is 0 Å². The molecule has 1 heterocycles. The molecule has 0 radical (unpaired) electrons. The predicted octanol–water partition coefficient (Wildman–Crippen LogP) is -11.6. The summed E-state index contributed by atoms with van der Waals surface area (Å²) in [5.74, 6) is -3.84. The number of ether oxygens (including phenoxy) is 1. The van der Waals surface area contributed by atoms with Crippen LogP contribution in [0.15, 0.2) is 11.5 Å². The molecule has 1 rings (SSSR count). The second kappa shape index (κ2) is 7.52. The Morgan fingerprint density at radius 1 is 1.23 bits per heavy atom. The molecule has 0 N–H and O–H groups in total. The predicted molar refractivity (Wildman–Crippen MR) is 26.0 cm³/mol. The third-order valence-corrected chi connectivity index (χ3v) is 1.41. The van der Waals surface area contributed by atoms with Crippen LogP contribution >= 0.6 is 0 Å². The molecule has 0 saturated heterocycles. The summed E-state index contributed by atoms with van der Waals surface area (Å²) in [5.41, 5.74) is 0. The fraction of sp³-hybridized carbons (Fsp3) is 0.667. The largest absolute Gasteiger partial charge is 1.00 e. The normalized spacial score (nSPS) is 31.5. The minimum absolute atomic E-state index is 0. The zero-order valence-electron chi connectivity index (χ0n) is 8.71. The van der Waals surface area contributed by atoms with E-state index in [9.17, 15) is 15.3 Å². The minimum Gasteiger partial charge on any atom is -0.875 e. The summed E-state index contributed by atoms with van der Waals surface area (Å²) in [4.78, 5) is 0. The summed E-state index contributed by atoms with van der Waals surface area (Å²) in [5, 5.41) is 32.2. The van der Waals surface area contributed by atoms with Crippen LogP contribution in [-0.4, -0.2) is 11.9 Å². The Bertz CT molecular complexity index is 192. The molecule has 2 unspecified atom stereocenters. The molecule has 0 saturated carbocycles. The van der Waals surface area contributed by atoms with Crippen molar-refractivity contribution in [3.05, 3.63) is 11.5 Å². The molecular weight excluding hydrogens is 205 g/mol. The molecule has 0 aromatic carbocycles. The van der Waals surface area contributed by atoms with Gasteiger partial charge in [0.2, 0.25) is 0 Å². The van der Waals surface area contributed by atoms with Crippen molar-refractivity contribution in [2.45, 2.75) is 25.7 Å². The Hall–Kier alpha value is 2.26. The van der Waals surface area contributed by atoms with Crippen LogP contribution in [0, 0.1) is 0 Å². The molecule has 0 bridgehead atoms. The van der Waals surface area contributed by atoms with E-state index in [0.29, 0.717) is 0 Å². The summed E-state index contributed by atoms with van der Waals surface area (Å²) >= 11 is 0. The molecular formula is C6H7Na3O4. The molecule has 7 heteroatoms. The first-order valence-corrected chi connectivity index (χ1v) is 2.92. The molecule has 0 spiro atoms. The maximum atomic E-state index is 10.9. The van der Waals surface area contributed by atoms with Crippen LogP contribution < -0.4 is 104 Å². The van der Waals surface area contributed by atoms with Gasteiger partial charge in [0, 0.05) is 5.79 Å². The molecule has 4 nitrogen and oxygen atoms in total. The standard InChI is InChI=1S/C6H9O4.3Na/c1-3-4(7)5(8)6(2,9)10-3;;;/h3,7-8H,1-2H3;;;/q-1;3*+1/p-2. The SMILES string of the molecule is CC1OC(C)([O-])C([O-])=C1[O-].[Na+].[Na+].[Na+]. The van der Waals surface area contributed by atoms with Crippen molar-refractivity contribution in [2.75, 3.05) is 0 Å². The van der Waals surface area contributed by atoms with Crippen molar-refractivity contribution >= 4 is 0 Å². The van der Waals surface area contributed by atoms with Crippen molar-refractivity contribution in [3.8, 4) is 0 Å². The summed E-state index contributed by atoms with van der Waals surface area (Å²) in [6.45, 7) is 2.44. The van der Waals surface area contributed by atoms with Gasteiger partial charge in [-0.3, -0.25) is 0 Å². The van der Waals surface area contributed by atoms with Gasteiger partial charge in [-0.1, -0.05) is 0 Å². The molecule has 13 heavy (non-hydrogen) atoms. The first kappa shape index (κ1) is 20.6. The molecule has 0 aromatic rings. The second-order valence-electron chi connectivity index (χ2n) is 2.40. The van der Waals surface area contributed by atoms with Gasteiger partial charge in [0.1, 0.15) is 0 Å². The van der Waals surface area contributed by atoms with E-state index in [1.807, 2.05) is 0 Å². The fourth-order valence-electron chi connectivity index (χ4n) is 0.853. The van der Waals surface area contributed by atoms with Gasteiger partial charge < -0.3 is 20.1 Å². The Labute approximate surface area is 144 Å². The van der Waals surface area contributed by atoms with Crippen LogP contribution in [0.5, 0.6) is 0 Å². The Morgan fingerprint density at radius 3 is 1.69 bits per heavy atom. The molecule has 1 aliphatic rings. The maximum Gasteiger partial charge on any atom is 1.00 e. The smallest absolute Gasteiger partial charge is 0.875 e. The third kappa shape index (κ3) is 4.74. The van der Waals surface area contributed by atoms with Gasteiger partial charge in [0.05, 0.1) is 6.10 Å². The number of hydrogen-bond acceptors (Lipinski definition) is 4. The summed E-state index contributed by atoms with van der Waals surface area (Å²) < 4.78 is 4.52. The molecule has 2 atom stereocenters. The molecule has 0 amide bonds. The van der Waals surface area contributed by atoms with Crippen molar-refractivity contribution in [2.24, 2.45) is 0 Å². The molecule has 1 aliphatic heterocycles. The van der Waals surface area contributed by atoms with Gasteiger partial charge in [-0.05, 0) is 13.8 Å². The van der Waals surface area contributed by atoms with Gasteiger partial charge >= 0.3 is 88.7 Å². The Kier molecular flexibility index (Phi) is 11.9. The van der Waals surface area contributed by atoms with Gasteiger partial charge in [-0.25, -0.2) is 0 Å².